The molecule has 0 aliphatic rings. The number of hydrogen-bond donors (Lipinski definition) is 1. The quantitative estimate of drug-likeness (QED) is 0.353. The highest BCUT2D eigenvalue weighted by atomic mass is 32.2. The lowest BCUT2D eigenvalue weighted by Crippen LogP contribution is -1.88. The largest absolute Gasteiger partial charge is 0.231 e. The van der Waals surface area contributed by atoms with E-state index in [2.05, 4.69) is 22.6 Å². The maximum atomic E-state index is 4.21. The normalized spacial score (nSPS) is 10.3. The minimum absolute atomic E-state index is 0.879. The van der Waals surface area contributed by atoms with E-state index in [9.17, 15) is 0 Å². The van der Waals surface area contributed by atoms with Gasteiger partial charge in [-0.2, -0.15) is 12.6 Å². The number of rotatable bonds is 5. The van der Waals surface area contributed by atoms with Crippen LogP contribution in [-0.2, 0) is 0 Å². The Morgan fingerprint density at radius 2 is 2.00 bits per heavy atom. The van der Waals surface area contributed by atoms with Crippen LogP contribution in [0.15, 0.2) is 17.6 Å². The molecule has 4 heteroatoms. The molecule has 0 aliphatic heterocycles. The topological polar surface area (TPSA) is 25.8 Å². The fourth-order valence-corrected chi connectivity index (χ4v) is 1.84. The van der Waals surface area contributed by atoms with Crippen molar-refractivity contribution < 1.29 is 0 Å². The van der Waals surface area contributed by atoms with Gasteiger partial charge in [-0.1, -0.05) is 11.8 Å². The second kappa shape index (κ2) is 6.27. The SMILES string of the molecule is Cc1cnc(SCCCCS)nc1. The van der Waals surface area contributed by atoms with E-state index in [-0.39, 0.29) is 0 Å². The first-order valence-corrected chi connectivity index (χ1v) is 5.97. The highest BCUT2D eigenvalue weighted by Crippen LogP contribution is 2.13. The summed E-state index contributed by atoms with van der Waals surface area (Å²) in [6.45, 7) is 2.00. The standard InChI is InChI=1S/C9H14N2S2/c1-8-6-10-9(11-7-8)13-5-3-2-4-12/h6-7,12H,2-5H2,1H3. The summed E-state index contributed by atoms with van der Waals surface area (Å²) >= 11 is 5.87. The van der Waals surface area contributed by atoms with Crippen molar-refractivity contribution in [3.63, 3.8) is 0 Å². The van der Waals surface area contributed by atoms with Gasteiger partial charge in [0.1, 0.15) is 0 Å². The maximum Gasteiger partial charge on any atom is 0.187 e. The molecule has 0 unspecified atom stereocenters. The minimum atomic E-state index is 0.879. The predicted molar refractivity (Wildman–Crippen MR) is 60.6 cm³/mol. The van der Waals surface area contributed by atoms with E-state index >= 15 is 0 Å². The second-order valence-electron chi connectivity index (χ2n) is 2.82. The van der Waals surface area contributed by atoms with Crippen molar-refractivity contribution in [2.75, 3.05) is 11.5 Å². The zero-order chi connectivity index (χ0) is 9.52. The first kappa shape index (κ1) is 10.9. The van der Waals surface area contributed by atoms with Gasteiger partial charge in [0, 0.05) is 18.1 Å². The third-order valence-corrected chi connectivity index (χ3v) is 2.82. The zero-order valence-electron chi connectivity index (χ0n) is 7.73. The van der Waals surface area contributed by atoms with Gasteiger partial charge in [-0.3, -0.25) is 0 Å². The minimum Gasteiger partial charge on any atom is -0.231 e. The van der Waals surface area contributed by atoms with Crippen LogP contribution in [0.1, 0.15) is 18.4 Å². The van der Waals surface area contributed by atoms with Crippen LogP contribution in [-0.4, -0.2) is 21.5 Å². The number of hydrogen-bond acceptors (Lipinski definition) is 4. The number of aryl methyl sites for hydroxylation is 1. The molecule has 0 saturated heterocycles. The third kappa shape index (κ3) is 4.52. The van der Waals surface area contributed by atoms with Crippen molar-refractivity contribution in [3.8, 4) is 0 Å². The highest BCUT2D eigenvalue weighted by molar-refractivity contribution is 7.99. The molecule has 0 fully saturated rings. The molecule has 2 nitrogen and oxygen atoms in total. The Kier molecular flexibility index (Phi) is 5.23. The first-order chi connectivity index (χ1) is 6.33. The second-order valence-corrected chi connectivity index (χ2v) is 4.33. The van der Waals surface area contributed by atoms with Crippen LogP contribution in [0.25, 0.3) is 0 Å². The molecular formula is C9H14N2S2. The summed E-state index contributed by atoms with van der Waals surface area (Å²) in [6, 6.07) is 0. The Labute approximate surface area is 89.0 Å². The van der Waals surface area contributed by atoms with Crippen molar-refractivity contribution in [2.24, 2.45) is 0 Å². The monoisotopic (exact) mass is 214 g/mol. The third-order valence-electron chi connectivity index (χ3n) is 1.54. The Bertz CT molecular complexity index is 236. The summed E-state index contributed by atoms with van der Waals surface area (Å²) in [6.07, 6.45) is 6.06. The molecule has 0 aromatic carbocycles. The molecule has 72 valence electrons. The van der Waals surface area contributed by atoms with Crippen LogP contribution in [0, 0.1) is 6.92 Å². The molecule has 0 aliphatic carbocycles. The van der Waals surface area contributed by atoms with E-state index < -0.39 is 0 Å². The van der Waals surface area contributed by atoms with Gasteiger partial charge >= 0.3 is 0 Å². The molecule has 0 atom stereocenters. The molecule has 0 radical (unpaired) electrons. The van der Waals surface area contributed by atoms with Gasteiger partial charge in [0.25, 0.3) is 0 Å². The average molecular weight is 214 g/mol. The van der Waals surface area contributed by atoms with Crippen LogP contribution in [0.2, 0.25) is 0 Å². The van der Waals surface area contributed by atoms with Crippen molar-refractivity contribution in [3.05, 3.63) is 18.0 Å². The summed E-state index contributed by atoms with van der Waals surface area (Å²) < 4.78 is 0. The zero-order valence-corrected chi connectivity index (χ0v) is 9.44. The van der Waals surface area contributed by atoms with Gasteiger partial charge in [0.2, 0.25) is 0 Å². The lowest BCUT2D eigenvalue weighted by molar-refractivity contribution is 0.897. The molecule has 0 spiro atoms. The Morgan fingerprint density at radius 1 is 1.31 bits per heavy atom. The lowest BCUT2D eigenvalue weighted by Gasteiger charge is -1.98. The Balaban J connectivity index is 2.25. The number of aromatic nitrogens is 2. The number of unbranched alkanes of at least 4 members (excludes halogenated alkanes) is 1. The fourth-order valence-electron chi connectivity index (χ4n) is 0.833. The maximum absolute atomic E-state index is 4.21. The first-order valence-electron chi connectivity index (χ1n) is 4.35. The Hall–Kier alpha value is -0.220. The number of thiol groups is 1. The Morgan fingerprint density at radius 3 is 2.62 bits per heavy atom. The molecule has 1 aromatic rings. The van der Waals surface area contributed by atoms with Crippen LogP contribution >= 0.6 is 24.4 Å². The molecule has 13 heavy (non-hydrogen) atoms. The van der Waals surface area contributed by atoms with E-state index in [1.54, 1.807) is 11.8 Å². The van der Waals surface area contributed by atoms with Gasteiger partial charge in [0.05, 0.1) is 0 Å². The van der Waals surface area contributed by atoms with Crippen molar-refractivity contribution in [2.45, 2.75) is 24.9 Å². The van der Waals surface area contributed by atoms with Gasteiger partial charge in [-0.05, 0) is 31.1 Å². The smallest absolute Gasteiger partial charge is 0.187 e. The summed E-state index contributed by atoms with van der Waals surface area (Å²) in [7, 11) is 0. The van der Waals surface area contributed by atoms with Crippen LogP contribution in [0.4, 0.5) is 0 Å². The van der Waals surface area contributed by atoms with E-state index in [0.29, 0.717) is 0 Å². The summed E-state index contributed by atoms with van der Waals surface area (Å²) in [4.78, 5) is 8.42. The molecule has 0 N–H and O–H groups in total. The fraction of sp³-hybridized carbons (Fsp3) is 0.556. The van der Waals surface area contributed by atoms with Crippen molar-refractivity contribution in [1.29, 1.82) is 0 Å². The van der Waals surface area contributed by atoms with Crippen LogP contribution in [0.3, 0.4) is 0 Å². The molecule has 0 amide bonds. The molecule has 1 heterocycles. The number of nitrogens with zero attached hydrogens (tertiary/aromatic N) is 2. The summed E-state index contributed by atoms with van der Waals surface area (Å²) in [5.41, 5.74) is 1.11. The highest BCUT2D eigenvalue weighted by Gasteiger charge is 1.95. The van der Waals surface area contributed by atoms with Crippen molar-refractivity contribution in [1.82, 2.24) is 9.97 Å². The predicted octanol–water partition coefficient (Wildman–Crippen LogP) is 2.59. The van der Waals surface area contributed by atoms with Crippen LogP contribution < -0.4 is 0 Å². The molecule has 0 bridgehead atoms. The average Bonchev–Trinajstić information content (AvgIpc) is 2.15. The van der Waals surface area contributed by atoms with E-state index in [1.807, 2.05) is 19.3 Å². The number of thioether (sulfide) groups is 1. The molecule has 1 aromatic heterocycles. The molecular weight excluding hydrogens is 200 g/mol. The van der Waals surface area contributed by atoms with Gasteiger partial charge in [-0.25, -0.2) is 9.97 Å². The van der Waals surface area contributed by atoms with E-state index in [1.165, 1.54) is 12.8 Å². The molecule has 1 rings (SSSR count). The summed E-state index contributed by atoms with van der Waals surface area (Å²) in [5.74, 6) is 2.05. The van der Waals surface area contributed by atoms with Gasteiger partial charge in [0.15, 0.2) is 5.16 Å². The van der Waals surface area contributed by atoms with E-state index in [4.69, 9.17) is 0 Å². The van der Waals surface area contributed by atoms with Gasteiger partial charge in [-0.15, -0.1) is 0 Å². The van der Waals surface area contributed by atoms with Crippen LogP contribution in [0.5, 0.6) is 0 Å². The summed E-state index contributed by atoms with van der Waals surface area (Å²) in [5, 5.41) is 0.879. The van der Waals surface area contributed by atoms with Crippen molar-refractivity contribution >= 4 is 24.4 Å². The van der Waals surface area contributed by atoms with E-state index in [0.717, 1.165) is 22.2 Å². The molecule has 0 saturated carbocycles. The van der Waals surface area contributed by atoms with Gasteiger partial charge < -0.3 is 0 Å². The lowest BCUT2D eigenvalue weighted by atomic mass is 10.4.